The van der Waals surface area contributed by atoms with Gasteiger partial charge in [-0.1, -0.05) is 54.2 Å². The van der Waals surface area contributed by atoms with Crippen molar-refractivity contribution < 1.29 is 8.42 Å². The van der Waals surface area contributed by atoms with Crippen molar-refractivity contribution in [2.75, 3.05) is 6.54 Å². The van der Waals surface area contributed by atoms with Crippen molar-refractivity contribution in [3.8, 4) is 24.3 Å². The number of rotatable bonds is 4. The summed E-state index contributed by atoms with van der Waals surface area (Å²) in [4.78, 5) is 0.192. The lowest BCUT2D eigenvalue weighted by Gasteiger charge is -2.16. The van der Waals surface area contributed by atoms with Crippen LogP contribution in [-0.2, 0) is 10.0 Å². The molecule has 116 valence electrons. The van der Waals surface area contributed by atoms with Crippen molar-refractivity contribution in [2.45, 2.75) is 18.2 Å². The number of hydrogen-bond donors (Lipinski definition) is 0. The minimum absolute atomic E-state index is 0.159. The van der Waals surface area contributed by atoms with Crippen LogP contribution in [0.3, 0.4) is 0 Å². The van der Waals surface area contributed by atoms with Crippen LogP contribution < -0.4 is 0 Å². The maximum atomic E-state index is 12.5. The predicted molar refractivity (Wildman–Crippen MR) is 91.8 cm³/mol. The monoisotopic (exact) mass is 323 g/mol. The topological polar surface area (TPSA) is 37.4 Å². The van der Waals surface area contributed by atoms with Crippen molar-refractivity contribution in [2.24, 2.45) is 0 Å². The largest absolute Gasteiger partial charge is 0.270 e. The lowest BCUT2D eigenvalue weighted by atomic mass is 10.2. The second-order valence-corrected chi connectivity index (χ2v) is 6.80. The molecule has 2 rings (SSSR count). The van der Waals surface area contributed by atoms with Crippen LogP contribution in [0.5, 0.6) is 0 Å². The summed E-state index contributed by atoms with van der Waals surface area (Å²) in [6, 6.07) is 18.4. The number of aryl methyl sites for hydroxylation is 1. The first-order valence-electron chi connectivity index (χ1n) is 7.13. The summed E-state index contributed by atoms with van der Waals surface area (Å²) in [6.45, 7) is 2.06. The first kappa shape index (κ1) is 16.7. The zero-order valence-corrected chi connectivity index (χ0v) is 13.7. The molecular formula is C19H17NO2S. The van der Waals surface area contributed by atoms with Crippen LogP contribution in [0.15, 0.2) is 59.5 Å². The van der Waals surface area contributed by atoms with E-state index < -0.39 is 10.0 Å². The molecule has 0 amide bonds. The molecule has 4 heteroatoms. The van der Waals surface area contributed by atoms with Crippen molar-refractivity contribution in [1.29, 1.82) is 0 Å². The Morgan fingerprint density at radius 3 is 2.30 bits per heavy atom. The second-order valence-electron chi connectivity index (χ2n) is 4.94. The maximum absolute atomic E-state index is 12.5. The van der Waals surface area contributed by atoms with Gasteiger partial charge in [-0.25, -0.2) is 12.7 Å². The van der Waals surface area contributed by atoms with Gasteiger partial charge in [-0.15, -0.1) is 0 Å². The Morgan fingerprint density at radius 2 is 1.70 bits per heavy atom. The molecule has 0 unspecified atom stereocenters. The first-order chi connectivity index (χ1) is 11.0. The SMILES string of the molecule is C#CN(CCC#Cc1ccccc1)S(=O)(=O)c1ccc(C)cc1. The van der Waals surface area contributed by atoms with Crippen molar-refractivity contribution in [3.05, 3.63) is 65.7 Å². The predicted octanol–water partition coefficient (Wildman–Crippen LogP) is 3.02. The average Bonchev–Trinajstić information content (AvgIpc) is 2.56. The molecule has 0 atom stereocenters. The van der Waals surface area contributed by atoms with E-state index in [4.69, 9.17) is 6.42 Å². The van der Waals surface area contributed by atoms with E-state index in [1.165, 1.54) is 0 Å². The third-order valence-electron chi connectivity index (χ3n) is 3.20. The molecule has 0 N–H and O–H groups in total. The Balaban J connectivity index is 2.07. The fourth-order valence-electron chi connectivity index (χ4n) is 1.94. The van der Waals surface area contributed by atoms with Gasteiger partial charge in [0.1, 0.15) is 0 Å². The molecule has 0 aliphatic rings. The third kappa shape index (κ3) is 4.39. The number of hydrogen-bond acceptors (Lipinski definition) is 2. The zero-order chi connectivity index (χ0) is 16.7. The number of benzene rings is 2. The maximum Gasteiger partial charge on any atom is 0.270 e. The molecule has 2 aromatic carbocycles. The molecule has 0 aliphatic carbocycles. The standard InChI is InChI=1S/C19H17NO2S/c1-3-20(16-8-7-11-18-9-5-4-6-10-18)23(21,22)19-14-12-17(2)13-15-19/h1,4-6,9-10,12-15H,8,16H2,2H3. The lowest BCUT2D eigenvalue weighted by molar-refractivity contribution is 0.516. The van der Waals surface area contributed by atoms with Crippen LogP contribution in [0.1, 0.15) is 17.5 Å². The van der Waals surface area contributed by atoms with Crippen LogP contribution in [0.2, 0.25) is 0 Å². The summed E-state index contributed by atoms with van der Waals surface area (Å²) >= 11 is 0. The summed E-state index contributed by atoms with van der Waals surface area (Å²) < 4.78 is 25.9. The van der Waals surface area contributed by atoms with Crippen LogP contribution in [0, 0.1) is 31.2 Å². The van der Waals surface area contributed by atoms with Crippen molar-refractivity contribution >= 4 is 10.0 Å². The van der Waals surface area contributed by atoms with Gasteiger partial charge in [0, 0.05) is 18.0 Å². The van der Waals surface area contributed by atoms with Crippen LogP contribution in [0.25, 0.3) is 0 Å². The van der Waals surface area contributed by atoms with Gasteiger partial charge in [-0.2, -0.15) is 0 Å². The fourth-order valence-corrected chi connectivity index (χ4v) is 3.14. The second kappa shape index (κ2) is 7.54. The molecule has 3 nitrogen and oxygen atoms in total. The molecule has 0 aliphatic heterocycles. The molecule has 23 heavy (non-hydrogen) atoms. The minimum Gasteiger partial charge on any atom is -0.224 e. The molecule has 2 aromatic rings. The Labute approximate surface area is 138 Å². The Kier molecular flexibility index (Phi) is 5.46. The van der Waals surface area contributed by atoms with Gasteiger partial charge < -0.3 is 0 Å². The quantitative estimate of drug-likeness (QED) is 0.641. The highest BCUT2D eigenvalue weighted by molar-refractivity contribution is 7.89. The highest BCUT2D eigenvalue weighted by Gasteiger charge is 2.21. The number of terminal acetylenes is 1. The van der Waals surface area contributed by atoms with E-state index in [1.54, 1.807) is 24.3 Å². The number of sulfonamides is 1. The van der Waals surface area contributed by atoms with Crippen LogP contribution in [0.4, 0.5) is 0 Å². The molecule has 0 saturated heterocycles. The van der Waals surface area contributed by atoms with E-state index in [0.29, 0.717) is 6.42 Å². The summed E-state index contributed by atoms with van der Waals surface area (Å²) in [5.41, 5.74) is 1.88. The van der Waals surface area contributed by atoms with E-state index in [9.17, 15) is 8.42 Å². The van der Waals surface area contributed by atoms with E-state index in [2.05, 4.69) is 17.9 Å². The van der Waals surface area contributed by atoms with E-state index in [1.807, 2.05) is 37.3 Å². The minimum atomic E-state index is -3.68. The summed E-state index contributed by atoms with van der Waals surface area (Å²) in [6.07, 6.45) is 5.73. The van der Waals surface area contributed by atoms with E-state index in [-0.39, 0.29) is 11.4 Å². The molecule has 0 saturated carbocycles. The molecule has 0 heterocycles. The molecular weight excluding hydrogens is 306 g/mol. The number of nitrogens with zero attached hydrogens (tertiary/aromatic N) is 1. The first-order valence-corrected chi connectivity index (χ1v) is 8.57. The normalized spacial score (nSPS) is 10.3. The molecule has 0 bridgehead atoms. The van der Waals surface area contributed by atoms with Crippen LogP contribution >= 0.6 is 0 Å². The average molecular weight is 323 g/mol. The van der Waals surface area contributed by atoms with E-state index in [0.717, 1.165) is 15.4 Å². The van der Waals surface area contributed by atoms with Gasteiger partial charge >= 0.3 is 0 Å². The smallest absolute Gasteiger partial charge is 0.224 e. The van der Waals surface area contributed by atoms with Gasteiger partial charge in [0.05, 0.1) is 11.4 Å². The van der Waals surface area contributed by atoms with E-state index >= 15 is 0 Å². The van der Waals surface area contributed by atoms with Gasteiger partial charge in [0.2, 0.25) is 0 Å². The fraction of sp³-hybridized carbons (Fsp3) is 0.158. The molecule has 0 spiro atoms. The highest BCUT2D eigenvalue weighted by Crippen LogP contribution is 2.15. The van der Waals surface area contributed by atoms with Crippen LogP contribution in [-0.4, -0.2) is 19.3 Å². The zero-order valence-electron chi connectivity index (χ0n) is 12.9. The van der Waals surface area contributed by atoms with Gasteiger partial charge in [0.15, 0.2) is 0 Å². The lowest BCUT2D eigenvalue weighted by Crippen LogP contribution is -2.27. The third-order valence-corrected chi connectivity index (χ3v) is 4.94. The summed E-state index contributed by atoms with van der Waals surface area (Å²) in [5, 5.41) is 0. The highest BCUT2D eigenvalue weighted by atomic mass is 32.2. The van der Waals surface area contributed by atoms with Crippen molar-refractivity contribution in [3.63, 3.8) is 0 Å². The van der Waals surface area contributed by atoms with Gasteiger partial charge in [-0.3, -0.25) is 0 Å². The molecule has 0 aromatic heterocycles. The van der Waals surface area contributed by atoms with Crippen molar-refractivity contribution in [1.82, 2.24) is 4.31 Å². The Bertz CT molecular complexity index is 852. The summed E-state index contributed by atoms with van der Waals surface area (Å²) in [5.74, 6) is 5.93. The van der Waals surface area contributed by atoms with Gasteiger partial charge in [0.25, 0.3) is 10.0 Å². The Morgan fingerprint density at radius 1 is 1.04 bits per heavy atom. The van der Waals surface area contributed by atoms with Gasteiger partial charge in [-0.05, 0) is 31.2 Å². The summed E-state index contributed by atoms with van der Waals surface area (Å²) in [7, 11) is -3.68. The molecule has 0 radical (unpaired) electrons. The molecule has 0 fully saturated rings. The Hall–Kier alpha value is -2.69.